The van der Waals surface area contributed by atoms with E-state index in [9.17, 15) is 19.2 Å². The van der Waals surface area contributed by atoms with E-state index in [4.69, 9.17) is 11.6 Å². The quantitative estimate of drug-likeness (QED) is 0.156. The summed E-state index contributed by atoms with van der Waals surface area (Å²) in [5.41, 5.74) is 3.80. The number of hydrogen-bond acceptors (Lipinski definition) is 6. The minimum absolute atomic E-state index is 0.0831. The average Bonchev–Trinajstić information content (AvgIpc) is 3.86. The number of anilines is 2. The topological polar surface area (TPSA) is 125 Å². The normalized spacial score (nSPS) is 16.6. The van der Waals surface area contributed by atoms with E-state index in [2.05, 4.69) is 32.4 Å². The van der Waals surface area contributed by atoms with Crippen molar-refractivity contribution >= 4 is 57.4 Å². The molecular weight excluding hydrogens is 676 g/mol. The van der Waals surface area contributed by atoms with E-state index < -0.39 is 12.1 Å². The molecule has 2 aliphatic heterocycles. The van der Waals surface area contributed by atoms with Crippen molar-refractivity contribution in [2.75, 3.05) is 23.7 Å². The van der Waals surface area contributed by atoms with Crippen LogP contribution in [0.15, 0.2) is 103 Å². The van der Waals surface area contributed by atoms with Gasteiger partial charge in [-0.1, -0.05) is 53.8 Å². The highest BCUT2D eigenvalue weighted by atomic mass is 35.5. The number of rotatable bonds is 7. The van der Waals surface area contributed by atoms with Crippen LogP contribution in [0.5, 0.6) is 0 Å². The highest BCUT2D eigenvalue weighted by Crippen LogP contribution is 2.27. The summed E-state index contributed by atoms with van der Waals surface area (Å²) >= 11 is 6.23. The second kappa shape index (κ2) is 15.5. The molecule has 4 amide bonds. The van der Waals surface area contributed by atoms with Crippen LogP contribution >= 0.6 is 11.6 Å². The van der Waals surface area contributed by atoms with Gasteiger partial charge in [-0.2, -0.15) is 0 Å². The van der Waals surface area contributed by atoms with Crippen LogP contribution in [0.3, 0.4) is 0 Å². The number of carbonyl (C=O) groups is 4. The fourth-order valence-electron chi connectivity index (χ4n) is 6.73. The van der Waals surface area contributed by atoms with Crippen molar-refractivity contribution in [1.29, 1.82) is 0 Å². The van der Waals surface area contributed by atoms with Crippen LogP contribution in [0.1, 0.15) is 52.9 Å². The SMILES string of the molecule is O=C(Nc1ccc(C#Cc2ccc(NC(=O)[C@@H]3CCCN3C(=O)c3nc(Cl)cc4ccccc34)cc2)cc1)[C@@H]1CCCN1C(=O)Cc1cccnc1. The number of nitrogens with zero attached hydrogens (tertiary/aromatic N) is 4. The zero-order valence-corrected chi connectivity index (χ0v) is 29.0. The zero-order chi connectivity index (χ0) is 36.0. The Morgan fingerprint density at radius 2 is 1.35 bits per heavy atom. The number of halogens is 1. The molecule has 3 aromatic carbocycles. The monoisotopic (exact) mass is 710 g/mol. The average molecular weight is 711 g/mol. The molecule has 5 aromatic rings. The van der Waals surface area contributed by atoms with Gasteiger partial charge in [0, 0.05) is 53.4 Å². The van der Waals surface area contributed by atoms with Gasteiger partial charge in [-0.25, -0.2) is 4.98 Å². The van der Waals surface area contributed by atoms with E-state index in [-0.39, 0.29) is 40.9 Å². The first-order chi connectivity index (χ1) is 25.3. The van der Waals surface area contributed by atoms with Gasteiger partial charge in [0.15, 0.2) is 0 Å². The second-order valence-corrected chi connectivity index (χ2v) is 13.2. The minimum atomic E-state index is -0.628. The first-order valence-corrected chi connectivity index (χ1v) is 17.6. The molecule has 260 valence electrons. The lowest BCUT2D eigenvalue weighted by molar-refractivity contribution is -0.136. The lowest BCUT2D eigenvalue weighted by Crippen LogP contribution is -2.43. The Balaban J connectivity index is 0.932. The third kappa shape index (κ3) is 7.80. The highest BCUT2D eigenvalue weighted by molar-refractivity contribution is 6.30. The fraction of sp³-hybridized carbons (Fsp3) is 0.220. The molecule has 0 bridgehead atoms. The molecule has 11 heteroatoms. The summed E-state index contributed by atoms with van der Waals surface area (Å²) < 4.78 is 0. The number of aromatic nitrogens is 2. The summed E-state index contributed by atoms with van der Waals surface area (Å²) in [6.45, 7) is 1.01. The van der Waals surface area contributed by atoms with Gasteiger partial charge >= 0.3 is 0 Å². The van der Waals surface area contributed by atoms with Crippen molar-refractivity contribution in [3.8, 4) is 11.8 Å². The number of fused-ring (bicyclic) bond motifs is 1. The van der Waals surface area contributed by atoms with Crippen LogP contribution in [-0.4, -0.2) is 68.6 Å². The van der Waals surface area contributed by atoms with Crippen LogP contribution in [0, 0.1) is 11.8 Å². The molecule has 2 aliphatic rings. The number of hydrogen-bond donors (Lipinski definition) is 2. The standard InChI is InChI=1S/C41H35ClN6O4/c42-36-25-30-7-1-2-8-33(30)38(46-36)41(52)48-23-5-10-35(48)40(51)45-32-19-15-28(16-20-32)12-11-27-13-17-31(18-14-27)44-39(50)34-9-4-22-47(34)37(49)24-29-6-3-21-43-26-29/h1-3,6-8,13-21,25-26,34-35H,4-5,9-10,22-24H2,(H,44,50)(H,45,51)/t34-,35-/m0/s1. The van der Waals surface area contributed by atoms with Gasteiger partial charge in [-0.15, -0.1) is 0 Å². The molecule has 2 aromatic heterocycles. The Hall–Kier alpha value is -6.05. The van der Waals surface area contributed by atoms with Crippen molar-refractivity contribution in [2.45, 2.75) is 44.2 Å². The molecule has 0 radical (unpaired) electrons. The summed E-state index contributed by atoms with van der Waals surface area (Å²) in [4.78, 5) is 64.6. The molecule has 0 saturated carbocycles. The molecule has 7 rings (SSSR count). The van der Waals surface area contributed by atoms with Crippen molar-refractivity contribution in [3.63, 3.8) is 0 Å². The lowest BCUT2D eigenvalue weighted by Gasteiger charge is -2.24. The summed E-state index contributed by atoms with van der Waals surface area (Å²) in [5.74, 6) is 5.39. The summed E-state index contributed by atoms with van der Waals surface area (Å²) in [7, 11) is 0. The second-order valence-electron chi connectivity index (χ2n) is 12.8. The molecule has 52 heavy (non-hydrogen) atoms. The predicted octanol–water partition coefficient (Wildman–Crippen LogP) is 6.10. The molecule has 0 spiro atoms. The Morgan fingerprint density at radius 3 is 1.96 bits per heavy atom. The molecule has 4 heterocycles. The molecule has 2 saturated heterocycles. The summed E-state index contributed by atoms with van der Waals surface area (Å²) in [5, 5.41) is 7.63. The van der Waals surface area contributed by atoms with E-state index in [1.807, 2.05) is 54.6 Å². The van der Waals surface area contributed by atoms with Crippen molar-refractivity contribution in [3.05, 3.63) is 131 Å². The molecule has 0 unspecified atom stereocenters. The van der Waals surface area contributed by atoms with E-state index >= 15 is 0 Å². The van der Waals surface area contributed by atoms with Gasteiger partial charge in [0.25, 0.3) is 5.91 Å². The number of pyridine rings is 2. The Morgan fingerprint density at radius 1 is 0.750 bits per heavy atom. The zero-order valence-electron chi connectivity index (χ0n) is 28.2. The van der Waals surface area contributed by atoms with Crippen molar-refractivity contribution < 1.29 is 19.2 Å². The van der Waals surface area contributed by atoms with Gasteiger partial charge in [-0.3, -0.25) is 24.2 Å². The van der Waals surface area contributed by atoms with Crippen LogP contribution in [-0.2, 0) is 20.8 Å². The van der Waals surface area contributed by atoms with E-state index in [0.29, 0.717) is 49.1 Å². The molecule has 2 fully saturated rings. The van der Waals surface area contributed by atoms with Gasteiger partial charge in [0.2, 0.25) is 17.7 Å². The summed E-state index contributed by atoms with van der Waals surface area (Å²) in [6.07, 6.45) is 6.20. The Kier molecular flexibility index (Phi) is 10.2. The van der Waals surface area contributed by atoms with Crippen molar-refractivity contribution in [2.24, 2.45) is 0 Å². The molecule has 2 N–H and O–H groups in total. The van der Waals surface area contributed by atoms with Gasteiger partial charge < -0.3 is 20.4 Å². The van der Waals surface area contributed by atoms with Crippen LogP contribution in [0.2, 0.25) is 5.15 Å². The van der Waals surface area contributed by atoms with E-state index in [0.717, 1.165) is 28.5 Å². The maximum Gasteiger partial charge on any atom is 0.273 e. The molecule has 0 aliphatic carbocycles. The van der Waals surface area contributed by atoms with E-state index in [1.54, 1.807) is 58.6 Å². The van der Waals surface area contributed by atoms with Crippen LogP contribution < -0.4 is 10.6 Å². The largest absolute Gasteiger partial charge is 0.330 e. The van der Waals surface area contributed by atoms with Gasteiger partial charge in [-0.05, 0) is 97.3 Å². The first-order valence-electron chi connectivity index (χ1n) is 17.2. The first kappa shape index (κ1) is 34.4. The Bertz CT molecular complexity index is 2200. The van der Waals surface area contributed by atoms with Gasteiger partial charge in [0.05, 0.1) is 6.42 Å². The van der Waals surface area contributed by atoms with Crippen LogP contribution in [0.25, 0.3) is 10.8 Å². The van der Waals surface area contributed by atoms with E-state index in [1.165, 1.54) is 0 Å². The van der Waals surface area contributed by atoms with Crippen LogP contribution in [0.4, 0.5) is 11.4 Å². The minimum Gasteiger partial charge on any atom is -0.330 e. The van der Waals surface area contributed by atoms with Gasteiger partial charge in [0.1, 0.15) is 22.9 Å². The summed E-state index contributed by atoms with van der Waals surface area (Å²) in [6, 6.07) is 26.1. The predicted molar refractivity (Wildman–Crippen MR) is 200 cm³/mol. The third-order valence-corrected chi connectivity index (χ3v) is 9.53. The lowest BCUT2D eigenvalue weighted by atomic mass is 10.1. The maximum absolute atomic E-state index is 13.6. The molecule has 2 atom stereocenters. The smallest absolute Gasteiger partial charge is 0.273 e. The number of amides is 4. The third-order valence-electron chi connectivity index (χ3n) is 9.34. The maximum atomic E-state index is 13.6. The highest BCUT2D eigenvalue weighted by Gasteiger charge is 2.36. The number of benzene rings is 3. The number of carbonyl (C=O) groups excluding carboxylic acids is 4. The Labute approximate surface area is 306 Å². The molecule has 10 nitrogen and oxygen atoms in total. The number of nitrogens with one attached hydrogen (secondary N) is 2. The molecular formula is C41H35ClN6O4. The fourth-order valence-corrected chi connectivity index (χ4v) is 6.94. The van der Waals surface area contributed by atoms with Crippen molar-refractivity contribution in [1.82, 2.24) is 19.8 Å². The number of likely N-dealkylation sites (tertiary alicyclic amines) is 2.